The van der Waals surface area contributed by atoms with Crippen LogP contribution in [0.15, 0.2) is 35.3 Å². The lowest BCUT2D eigenvalue weighted by molar-refractivity contribution is -0.134. The van der Waals surface area contributed by atoms with Crippen LogP contribution in [0.25, 0.3) is 0 Å². The lowest BCUT2D eigenvalue weighted by atomic mass is 10.2. The molecule has 0 saturated heterocycles. The van der Waals surface area contributed by atoms with E-state index in [-0.39, 0.29) is 5.97 Å². The molecule has 0 aliphatic rings. The number of aliphatic imine (C=N–C) groups is 1. The van der Waals surface area contributed by atoms with Gasteiger partial charge in [0.2, 0.25) is 0 Å². The molecule has 0 aliphatic carbocycles. The summed E-state index contributed by atoms with van der Waals surface area (Å²) in [5.74, 6) is -0.370. The Balaban J connectivity index is 2.24. The van der Waals surface area contributed by atoms with E-state index < -0.39 is 0 Å². The second kappa shape index (κ2) is 6.76. The van der Waals surface area contributed by atoms with Crippen molar-refractivity contribution in [1.29, 1.82) is 0 Å². The molecule has 0 atom stereocenters. The van der Waals surface area contributed by atoms with Gasteiger partial charge >= 0.3 is 5.97 Å². The quantitative estimate of drug-likeness (QED) is 0.543. The number of rotatable bonds is 5. The Morgan fingerprint density at radius 3 is 2.80 bits per heavy atom. The number of benzene rings is 1. The molecule has 0 unspecified atom stereocenters. The van der Waals surface area contributed by atoms with E-state index in [9.17, 15) is 4.79 Å². The average molecular weight is 205 g/mol. The van der Waals surface area contributed by atoms with Crippen molar-refractivity contribution in [2.24, 2.45) is 4.99 Å². The summed E-state index contributed by atoms with van der Waals surface area (Å²) in [5, 5.41) is 0. The summed E-state index contributed by atoms with van der Waals surface area (Å²) in [5.41, 5.74) is 1.22. The van der Waals surface area contributed by atoms with Gasteiger partial charge in [-0.3, -0.25) is 4.99 Å². The molecule has 0 bridgehead atoms. The van der Waals surface area contributed by atoms with Crippen LogP contribution in [0.4, 0.5) is 0 Å². The fourth-order valence-electron chi connectivity index (χ4n) is 1.16. The average Bonchev–Trinajstić information content (AvgIpc) is 2.26. The maximum Gasteiger partial charge on any atom is 0.348 e. The Hall–Kier alpha value is -1.64. The van der Waals surface area contributed by atoms with Gasteiger partial charge in [-0.25, -0.2) is 4.79 Å². The van der Waals surface area contributed by atoms with Gasteiger partial charge in [0.1, 0.15) is 6.21 Å². The standard InChI is InChI=1S/C12H15NO2/c1-2-15-12(14)10-13-9-8-11-6-4-3-5-7-11/h3-7,10H,2,8-9H2,1H3. The molecular formula is C12H15NO2. The second-order valence-electron chi connectivity index (χ2n) is 3.02. The lowest BCUT2D eigenvalue weighted by Gasteiger charge is -1.97. The lowest BCUT2D eigenvalue weighted by Crippen LogP contribution is -2.05. The van der Waals surface area contributed by atoms with Gasteiger partial charge in [0.15, 0.2) is 0 Å². The van der Waals surface area contributed by atoms with E-state index in [1.807, 2.05) is 30.3 Å². The number of ether oxygens (including phenoxy) is 1. The topological polar surface area (TPSA) is 38.7 Å². The summed E-state index contributed by atoms with van der Waals surface area (Å²) in [6, 6.07) is 10.0. The predicted octanol–water partition coefficient (Wildman–Crippen LogP) is 1.86. The van der Waals surface area contributed by atoms with Gasteiger partial charge in [0, 0.05) is 6.54 Å². The van der Waals surface area contributed by atoms with Gasteiger partial charge < -0.3 is 4.74 Å². The molecule has 15 heavy (non-hydrogen) atoms. The van der Waals surface area contributed by atoms with Gasteiger partial charge in [-0.05, 0) is 18.9 Å². The van der Waals surface area contributed by atoms with Gasteiger partial charge in [-0.15, -0.1) is 0 Å². The minimum absolute atomic E-state index is 0.370. The number of esters is 1. The highest BCUT2D eigenvalue weighted by Crippen LogP contribution is 1.98. The molecule has 0 aromatic heterocycles. The normalized spacial score (nSPS) is 10.5. The zero-order chi connectivity index (χ0) is 10.9. The Labute approximate surface area is 89.8 Å². The summed E-state index contributed by atoms with van der Waals surface area (Å²) < 4.78 is 4.71. The largest absolute Gasteiger partial charge is 0.462 e. The van der Waals surface area contributed by atoms with Crippen LogP contribution in [0.5, 0.6) is 0 Å². The molecule has 3 heteroatoms. The summed E-state index contributed by atoms with van der Waals surface area (Å²) in [6.45, 7) is 2.78. The van der Waals surface area contributed by atoms with E-state index in [0.717, 1.165) is 6.42 Å². The molecule has 3 nitrogen and oxygen atoms in total. The van der Waals surface area contributed by atoms with Crippen molar-refractivity contribution in [2.75, 3.05) is 13.2 Å². The molecule has 0 heterocycles. The van der Waals surface area contributed by atoms with E-state index in [2.05, 4.69) is 4.99 Å². The van der Waals surface area contributed by atoms with Gasteiger partial charge in [-0.2, -0.15) is 0 Å². The van der Waals surface area contributed by atoms with Gasteiger partial charge in [0.05, 0.1) is 6.61 Å². The highest BCUT2D eigenvalue weighted by Gasteiger charge is 1.94. The number of hydrogen-bond donors (Lipinski definition) is 0. The Bertz CT molecular complexity index is 320. The number of hydrogen-bond acceptors (Lipinski definition) is 3. The summed E-state index contributed by atoms with van der Waals surface area (Å²) in [4.78, 5) is 14.9. The molecule has 0 amide bonds. The van der Waals surface area contributed by atoms with Crippen LogP contribution < -0.4 is 0 Å². The minimum atomic E-state index is -0.370. The molecule has 0 aliphatic heterocycles. The minimum Gasteiger partial charge on any atom is -0.462 e. The molecule has 1 rings (SSSR count). The number of nitrogens with zero attached hydrogens (tertiary/aromatic N) is 1. The van der Waals surface area contributed by atoms with E-state index in [4.69, 9.17) is 4.74 Å². The number of carbonyl (C=O) groups is 1. The molecular weight excluding hydrogens is 190 g/mol. The van der Waals surface area contributed by atoms with E-state index in [1.165, 1.54) is 11.8 Å². The van der Waals surface area contributed by atoms with Crippen molar-refractivity contribution in [3.05, 3.63) is 35.9 Å². The molecule has 80 valence electrons. The van der Waals surface area contributed by atoms with E-state index >= 15 is 0 Å². The van der Waals surface area contributed by atoms with Crippen molar-refractivity contribution in [3.8, 4) is 0 Å². The van der Waals surface area contributed by atoms with E-state index in [0.29, 0.717) is 13.2 Å². The fraction of sp³-hybridized carbons (Fsp3) is 0.333. The predicted molar refractivity (Wildman–Crippen MR) is 60.1 cm³/mol. The van der Waals surface area contributed by atoms with Gasteiger partial charge in [0.25, 0.3) is 0 Å². The van der Waals surface area contributed by atoms with Crippen LogP contribution in [-0.4, -0.2) is 25.3 Å². The SMILES string of the molecule is CCOC(=O)C=NCCc1ccccc1. The molecule has 0 spiro atoms. The third-order valence-electron chi connectivity index (χ3n) is 1.86. The van der Waals surface area contributed by atoms with Crippen molar-refractivity contribution in [1.82, 2.24) is 0 Å². The maximum atomic E-state index is 10.9. The third kappa shape index (κ3) is 4.96. The van der Waals surface area contributed by atoms with E-state index in [1.54, 1.807) is 6.92 Å². The first-order valence-corrected chi connectivity index (χ1v) is 5.03. The second-order valence-corrected chi connectivity index (χ2v) is 3.02. The van der Waals surface area contributed by atoms with Crippen molar-refractivity contribution >= 4 is 12.2 Å². The Kier molecular flexibility index (Phi) is 5.15. The molecule has 0 saturated carbocycles. The summed E-state index contributed by atoms with van der Waals surface area (Å²) >= 11 is 0. The van der Waals surface area contributed by atoms with Crippen molar-refractivity contribution in [2.45, 2.75) is 13.3 Å². The molecule has 0 N–H and O–H groups in total. The fourth-order valence-corrected chi connectivity index (χ4v) is 1.16. The molecule has 1 aromatic carbocycles. The Morgan fingerprint density at radius 2 is 2.13 bits per heavy atom. The van der Waals surface area contributed by atoms with Crippen LogP contribution in [-0.2, 0) is 16.0 Å². The van der Waals surface area contributed by atoms with Crippen LogP contribution in [0.3, 0.4) is 0 Å². The van der Waals surface area contributed by atoms with Crippen LogP contribution in [0.1, 0.15) is 12.5 Å². The zero-order valence-corrected chi connectivity index (χ0v) is 8.85. The Morgan fingerprint density at radius 1 is 1.40 bits per heavy atom. The zero-order valence-electron chi connectivity index (χ0n) is 8.85. The van der Waals surface area contributed by atoms with Gasteiger partial charge in [-0.1, -0.05) is 30.3 Å². The number of carbonyl (C=O) groups excluding carboxylic acids is 1. The van der Waals surface area contributed by atoms with Crippen molar-refractivity contribution in [3.63, 3.8) is 0 Å². The highest BCUT2D eigenvalue weighted by molar-refractivity contribution is 6.23. The summed E-state index contributed by atoms with van der Waals surface area (Å²) in [7, 11) is 0. The monoisotopic (exact) mass is 205 g/mol. The third-order valence-corrected chi connectivity index (χ3v) is 1.86. The van der Waals surface area contributed by atoms with Crippen LogP contribution in [0, 0.1) is 0 Å². The van der Waals surface area contributed by atoms with Crippen LogP contribution in [0.2, 0.25) is 0 Å². The maximum absolute atomic E-state index is 10.9. The summed E-state index contributed by atoms with van der Waals surface area (Å²) in [6.07, 6.45) is 2.09. The first-order chi connectivity index (χ1) is 7.33. The smallest absolute Gasteiger partial charge is 0.348 e. The molecule has 0 radical (unpaired) electrons. The first-order valence-electron chi connectivity index (χ1n) is 5.03. The first kappa shape index (κ1) is 11.4. The van der Waals surface area contributed by atoms with Crippen molar-refractivity contribution < 1.29 is 9.53 Å². The van der Waals surface area contributed by atoms with Crippen LogP contribution >= 0.6 is 0 Å². The highest BCUT2D eigenvalue weighted by atomic mass is 16.5. The molecule has 0 fully saturated rings. The molecule has 1 aromatic rings.